The summed E-state index contributed by atoms with van der Waals surface area (Å²) in [6.07, 6.45) is 1.80. The van der Waals surface area contributed by atoms with Crippen molar-refractivity contribution < 1.29 is 9.53 Å². The Labute approximate surface area is 161 Å². The van der Waals surface area contributed by atoms with E-state index in [9.17, 15) is 4.79 Å². The summed E-state index contributed by atoms with van der Waals surface area (Å²) in [5.41, 5.74) is 3.85. The molecule has 0 unspecified atom stereocenters. The van der Waals surface area contributed by atoms with Crippen molar-refractivity contribution in [2.45, 2.75) is 13.5 Å². The molecule has 0 N–H and O–H groups in total. The fourth-order valence-electron chi connectivity index (χ4n) is 3.81. The maximum absolute atomic E-state index is 12.6. The number of hydrogen-bond acceptors (Lipinski definition) is 2. The van der Waals surface area contributed by atoms with Crippen molar-refractivity contribution in [1.82, 2.24) is 4.57 Å². The number of para-hydroxylation sites is 1. The number of rotatable bonds is 2. The first-order valence-electron chi connectivity index (χ1n) is 8.90. The van der Waals surface area contributed by atoms with Gasteiger partial charge in [-0.3, -0.25) is 4.79 Å². The van der Waals surface area contributed by atoms with Gasteiger partial charge < -0.3 is 9.30 Å². The molecule has 3 nitrogen and oxygen atoms in total. The average molecular weight is 374 g/mol. The normalized spacial score (nSPS) is 14.9. The van der Waals surface area contributed by atoms with Crippen LogP contribution in [0.25, 0.3) is 27.9 Å². The lowest BCUT2D eigenvalue weighted by molar-refractivity contribution is 0.101. The predicted octanol–water partition coefficient (Wildman–Crippen LogP) is 6.08. The van der Waals surface area contributed by atoms with Crippen LogP contribution < -0.4 is 4.74 Å². The number of Topliss-reactive ketones (excluding diaryl/α,β-unsaturated/α-hetero) is 1. The fourth-order valence-corrected chi connectivity index (χ4v) is 3.99. The van der Waals surface area contributed by atoms with E-state index in [4.69, 9.17) is 16.3 Å². The summed E-state index contributed by atoms with van der Waals surface area (Å²) < 4.78 is 8.05. The van der Waals surface area contributed by atoms with E-state index in [1.165, 1.54) is 21.8 Å². The van der Waals surface area contributed by atoms with Gasteiger partial charge in [0.05, 0.1) is 5.56 Å². The monoisotopic (exact) mass is 373 g/mol. The second-order valence-electron chi connectivity index (χ2n) is 6.62. The van der Waals surface area contributed by atoms with Gasteiger partial charge in [0.25, 0.3) is 0 Å². The van der Waals surface area contributed by atoms with Gasteiger partial charge in [-0.2, -0.15) is 0 Å². The number of aryl methyl sites for hydroxylation is 1. The Bertz CT molecular complexity index is 1270. The maximum Gasteiger partial charge on any atom is 0.232 e. The highest BCUT2D eigenvalue weighted by atomic mass is 35.5. The number of aromatic nitrogens is 1. The average Bonchev–Trinajstić information content (AvgIpc) is 3.16. The number of carbonyl (C=O) groups is 1. The van der Waals surface area contributed by atoms with E-state index in [0.29, 0.717) is 22.1 Å². The molecular formula is C23H16ClNO2. The van der Waals surface area contributed by atoms with Crippen molar-refractivity contribution in [3.8, 4) is 5.75 Å². The molecule has 0 saturated carbocycles. The van der Waals surface area contributed by atoms with E-state index in [2.05, 4.69) is 47.9 Å². The zero-order valence-electron chi connectivity index (χ0n) is 14.7. The largest absolute Gasteiger partial charge is 0.452 e. The van der Waals surface area contributed by atoms with E-state index in [1.54, 1.807) is 24.3 Å². The van der Waals surface area contributed by atoms with Crippen molar-refractivity contribution in [2.75, 3.05) is 0 Å². The molecular weight excluding hydrogens is 358 g/mol. The molecule has 4 aromatic rings. The molecule has 3 aromatic carbocycles. The van der Waals surface area contributed by atoms with Gasteiger partial charge in [-0.1, -0.05) is 35.9 Å². The quantitative estimate of drug-likeness (QED) is 0.398. The fraction of sp³-hybridized carbons (Fsp3) is 0.0870. The topological polar surface area (TPSA) is 31.2 Å². The van der Waals surface area contributed by atoms with Crippen molar-refractivity contribution in [2.24, 2.45) is 0 Å². The van der Waals surface area contributed by atoms with Crippen molar-refractivity contribution in [1.29, 1.82) is 0 Å². The molecule has 2 heterocycles. The van der Waals surface area contributed by atoms with Crippen LogP contribution in [-0.2, 0) is 6.54 Å². The van der Waals surface area contributed by atoms with Gasteiger partial charge in [-0.15, -0.1) is 0 Å². The van der Waals surface area contributed by atoms with Gasteiger partial charge in [-0.25, -0.2) is 0 Å². The molecule has 0 saturated heterocycles. The Morgan fingerprint density at radius 2 is 1.81 bits per heavy atom. The minimum absolute atomic E-state index is 0.136. The molecule has 1 aliphatic rings. The Kier molecular flexibility index (Phi) is 3.59. The lowest BCUT2D eigenvalue weighted by Gasteiger charge is -2.03. The molecule has 0 fully saturated rings. The van der Waals surface area contributed by atoms with Crippen LogP contribution in [0.15, 0.2) is 66.4 Å². The highest BCUT2D eigenvalue weighted by molar-refractivity contribution is 6.31. The van der Waals surface area contributed by atoms with E-state index in [0.717, 1.165) is 12.1 Å². The second kappa shape index (κ2) is 6.00. The number of halogens is 1. The summed E-state index contributed by atoms with van der Waals surface area (Å²) in [6.45, 7) is 3.05. The first-order chi connectivity index (χ1) is 13.2. The van der Waals surface area contributed by atoms with Crippen LogP contribution in [0, 0.1) is 0 Å². The molecule has 0 radical (unpaired) electrons. The number of carbonyl (C=O) groups excluding carboxylic acids is 1. The summed E-state index contributed by atoms with van der Waals surface area (Å²) >= 11 is 6.00. The Morgan fingerprint density at radius 1 is 1.00 bits per heavy atom. The van der Waals surface area contributed by atoms with E-state index < -0.39 is 0 Å². The van der Waals surface area contributed by atoms with E-state index in [1.807, 2.05) is 6.07 Å². The van der Waals surface area contributed by atoms with Crippen molar-refractivity contribution >= 4 is 45.3 Å². The number of nitrogens with zero attached hydrogens (tertiary/aromatic N) is 1. The van der Waals surface area contributed by atoms with Crippen LogP contribution in [0.4, 0.5) is 0 Å². The van der Waals surface area contributed by atoms with E-state index in [-0.39, 0.29) is 5.78 Å². The minimum atomic E-state index is -0.136. The molecule has 132 valence electrons. The van der Waals surface area contributed by atoms with Crippen LogP contribution in [0.2, 0.25) is 5.02 Å². The van der Waals surface area contributed by atoms with Crippen LogP contribution in [0.1, 0.15) is 22.8 Å². The van der Waals surface area contributed by atoms with Crippen molar-refractivity contribution in [3.63, 3.8) is 0 Å². The first-order valence-corrected chi connectivity index (χ1v) is 9.28. The number of benzene rings is 3. The Hall–Kier alpha value is -3.04. The number of fused-ring (bicyclic) bond motifs is 4. The predicted molar refractivity (Wildman–Crippen MR) is 110 cm³/mol. The number of allylic oxidation sites excluding steroid dienone is 1. The highest BCUT2D eigenvalue weighted by Crippen LogP contribution is 2.35. The SMILES string of the molecule is CCn1c2ccccc2c2cc(/C=C3\Oc4ccc(Cl)cc4C3=O)ccc21. The zero-order chi connectivity index (χ0) is 18.5. The smallest absolute Gasteiger partial charge is 0.232 e. The Balaban J connectivity index is 1.64. The highest BCUT2D eigenvalue weighted by Gasteiger charge is 2.27. The first kappa shape index (κ1) is 16.2. The summed E-state index contributed by atoms with van der Waals surface area (Å²) in [7, 11) is 0. The van der Waals surface area contributed by atoms with Crippen LogP contribution in [0.5, 0.6) is 5.75 Å². The van der Waals surface area contributed by atoms with Crippen LogP contribution >= 0.6 is 11.6 Å². The van der Waals surface area contributed by atoms with Gasteiger partial charge >= 0.3 is 0 Å². The third kappa shape index (κ3) is 2.47. The molecule has 0 amide bonds. The minimum Gasteiger partial charge on any atom is -0.452 e. The van der Waals surface area contributed by atoms with Gasteiger partial charge in [-0.05, 0) is 55.0 Å². The van der Waals surface area contributed by atoms with Crippen LogP contribution in [-0.4, -0.2) is 10.4 Å². The zero-order valence-corrected chi connectivity index (χ0v) is 15.5. The lowest BCUT2D eigenvalue weighted by Crippen LogP contribution is -1.98. The molecule has 0 atom stereocenters. The summed E-state index contributed by atoms with van der Waals surface area (Å²) in [5, 5.41) is 2.91. The summed E-state index contributed by atoms with van der Waals surface area (Å²) in [4.78, 5) is 12.6. The molecule has 1 aliphatic heterocycles. The van der Waals surface area contributed by atoms with Crippen LogP contribution in [0.3, 0.4) is 0 Å². The molecule has 27 heavy (non-hydrogen) atoms. The van der Waals surface area contributed by atoms with Gasteiger partial charge in [0, 0.05) is 33.4 Å². The van der Waals surface area contributed by atoms with Gasteiger partial charge in [0.15, 0.2) is 5.76 Å². The number of hydrogen-bond donors (Lipinski definition) is 0. The third-order valence-electron chi connectivity index (χ3n) is 5.04. The third-order valence-corrected chi connectivity index (χ3v) is 5.28. The number of ether oxygens (including phenoxy) is 1. The van der Waals surface area contributed by atoms with E-state index >= 15 is 0 Å². The van der Waals surface area contributed by atoms with Crippen molar-refractivity contribution in [3.05, 3.63) is 82.6 Å². The number of ketones is 1. The molecule has 1 aromatic heterocycles. The molecule has 0 spiro atoms. The summed E-state index contributed by atoms with van der Waals surface area (Å²) in [6, 6.07) is 19.7. The lowest BCUT2D eigenvalue weighted by atomic mass is 10.1. The molecule has 4 heteroatoms. The summed E-state index contributed by atoms with van der Waals surface area (Å²) in [5.74, 6) is 0.744. The molecule has 0 bridgehead atoms. The molecule has 5 rings (SSSR count). The second-order valence-corrected chi connectivity index (χ2v) is 7.05. The standard InChI is InChI=1S/C23H16ClNO2/c1-2-25-19-6-4-3-5-16(19)17-11-14(7-9-20(17)25)12-22-23(26)18-13-15(24)8-10-21(18)27-22/h3-13H,2H2,1H3/b22-12-. The van der Waals surface area contributed by atoms with Gasteiger partial charge in [0.1, 0.15) is 5.75 Å². The van der Waals surface area contributed by atoms with Gasteiger partial charge in [0.2, 0.25) is 5.78 Å². The molecule has 0 aliphatic carbocycles. The Morgan fingerprint density at radius 3 is 2.67 bits per heavy atom. The maximum atomic E-state index is 12.6.